The summed E-state index contributed by atoms with van der Waals surface area (Å²) in [6.45, 7) is 3.12. The van der Waals surface area contributed by atoms with Crippen molar-refractivity contribution in [1.29, 1.82) is 0 Å². The standard InChI is InChI=1S/C18H20O3/c1-17(2,16(19)20)18(21,15-11-7-4-8-12-15)13-14-9-5-3-6-10-14/h3-12,21H,13H2,1-2H3,(H,19,20). The van der Waals surface area contributed by atoms with Gasteiger partial charge in [0.15, 0.2) is 0 Å². The number of aliphatic carboxylic acids is 1. The third kappa shape index (κ3) is 2.83. The first-order valence-corrected chi connectivity index (χ1v) is 6.93. The maximum absolute atomic E-state index is 11.7. The van der Waals surface area contributed by atoms with Crippen LogP contribution in [0.4, 0.5) is 0 Å². The average molecular weight is 284 g/mol. The normalized spacial score (nSPS) is 14.4. The predicted molar refractivity (Wildman–Crippen MR) is 81.9 cm³/mol. The van der Waals surface area contributed by atoms with E-state index in [4.69, 9.17) is 0 Å². The number of benzene rings is 2. The van der Waals surface area contributed by atoms with Crippen LogP contribution in [-0.2, 0) is 16.8 Å². The van der Waals surface area contributed by atoms with Gasteiger partial charge < -0.3 is 10.2 Å². The molecule has 0 aliphatic rings. The minimum atomic E-state index is -1.48. The van der Waals surface area contributed by atoms with Crippen molar-refractivity contribution in [3.63, 3.8) is 0 Å². The molecular formula is C18H20O3. The summed E-state index contributed by atoms with van der Waals surface area (Å²) in [7, 11) is 0. The molecule has 0 saturated heterocycles. The van der Waals surface area contributed by atoms with Gasteiger partial charge in [-0.3, -0.25) is 4.79 Å². The zero-order valence-corrected chi connectivity index (χ0v) is 12.3. The third-order valence-corrected chi connectivity index (χ3v) is 4.12. The highest BCUT2D eigenvalue weighted by molar-refractivity contribution is 5.76. The molecule has 0 fully saturated rings. The van der Waals surface area contributed by atoms with Crippen molar-refractivity contribution >= 4 is 5.97 Å². The first-order chi connectivity index (χ1) is 9.88. The van der Waals surface area contributed by atoms with Crippen LogP contribution in [-0.4, -0.2) is 16.2 Å². The second-order valence-electron chi connectivity index (χ2n) is 5.82. The van der Waals surface area contributed by atoms with Gasteiger partial charge in [-0.05, 0) is 25.0 Å². The zero-order valence-electron chi connectivity index (χ0n) is 12.3. The van der Waals surface area contributed by atoms with Crippen LogP contribution in [0.25, 0.3) is 0 Å². The highest BCUT2D eigenvalue weighted by Crippen LogP contribution is 2.42. The van der Waals surface area contributed by atoms with E-state index in [1.54, 1.807) is 26.0 Å². The van der Waals surface area contributed by atoms with Gasteiger partial charge in [0, 0.05) is 6.42 Å². The molecule has 0 aliphatic heterocycles. The van der Waals surface area contributed by atoms with E-state index in [9.17, 15) is 15.0 Å². The lowest BCUT2D eigenvalue weighted by Crippen LogP contribution is -2.48. The maximum atomic E-state index is 11.7. The van der Waals surface area contributed by atoms with Crippen molar-refractivity contribution in [2.24, 2.45) is 5.41 Å². The first kappa shape index (κ1) is 15.3. The second-order valence-corrected chi connectivity index (χ2v) is 5.82. The summed E-state index contributed by atoms with van der Waals surface area (Å²) in [5, 5.41) is 20.8. The highest BCUT2D eigenvalue weighted by atomic mass is 16.4. The van der Waals surface area contributed by atoms with Crippen LogP contribution < -0.4 is 0 Å². The Labute approximate surface area is 124 Å². The number of carboxylic acids is 1. The maximum Gasteiger partial charge on any atom is 0.312 e. The van der Waals surface area contributed by atoms with Gasteiger partial charge in [-0.15, -0.1) is 0 Å². The Kier molecular flexibility index (Phi) is 4.14. The highest BCUT2D eigenvalue weighted by Gasteiger charge is 2.50. The Balaban J connectivity index is 2.52. The summed E-state index contributed by atoms with van der Waals surface area (Å²) in [5.41, 5.74) is -1.29. The fourth-order valence-corrected chi connectivity index (χ4v) is 2.47. The molecule has 110 valence electrons. The van der Waals surface area contributed by atoms with E-state index in [1.165, 1.54) is 0 Å². The summed E-state index contributed by atoms with van der Waals surface area (Å²) >= 11 is 0. The van der Waals surface area contributed by atoms with Gasteiger partial charge in [-0.1, -0.05) is 60.7 Å². The van der Waals surface area contributed by atoms with Crippen LogP contribution in [0.3, 0.4) is 0 Å². The number of hydrogen-bond acceptors (Lipinski definition) is 2. The molecule has 21 heavy (non-hydrogen) atoms. The Hall–Kier alpha value is -2.13. The van der Waals surface area contributed by atoms with Crippen molar-refractivity contribution < 1.29 is 15.0 Å². The molecule has 0 aromatic heterocycles. The van der Waals surface area contributed by atoms with Crippen LogP contribution in [0.2, 0.25) is 0 Å². The van der Waals surface area contributed by atoms with Crippen molar-refractivity contribution in [2.45, 2.75) is 25.9 Å². The lowest BCUT2D eigenvalue weighted by molar-refractivity contribution is -0.166. The molecule has 1 unspecified atom stereocenters. The van der Waals surface area contributed by atoms with Crippen molar-refractivity contribution in [3.8, 4) is 0 Å². The van der Waals surface area contributed by atoms with Crippen molar-refractivity contribution in [1.82, 2.24) is 0 Å². The van der Waals surface area contributed by atoms with Crippen LogP contribution in [0.5, 0.6) is 0 Å². The SMILES string of the molecule is CC(C)(C(=O)O)C(O)(Cc1ccccc1)c1ccccc1. The second kappa shape index (κ2) is 5.70. The van der Waals surface area contributed by atoms with Gasteiger partial charge >= 0.3 is 5.97 Å². The molecule has 2 aromatic rings. The van der Waals surface area contributed by atoms with Gasteiger partial charge in [-0.2, -0.15) is 0 Å². The predicted octanol–water partition coefficient (Wildman–Crippen LogP) is 3.23. The fraction of sp³-hybridized carbons (Fsp3) is 0.278. The lowest BCUT2D eigenvalue weighted by atomic mass is 9.68. The molecule has 0 aliphatic carbocycles. The van der Waals surface area contributed by atoms with Crippen LogP contribution >= 0.6 is 0 Å². The number of rotatable bonds is 5. The number of carboxylic acid groups (broad SMARTS) is 1. The first-order valence-electron chi connectivity index (χ1n) is 6.93. The van der Waals surface area contributed by atoms with E-state index in [0.29, 0.717) is 5.56 Å². The van der Waals surface area contributed by atoms with Gasteiger partial charge in [0.25, 0.3) is 0 Å². The fourth-order valence-electron chi connectivity index (χ4n) is 2.47. The Morgan fingerprint density at radius 3 is 1.90 bits per heavy atom. The molecule has 1 atom stereocenters. The van der Waals surface area contributed by atoms with E-state index in [2.05, 4.69) is 0 Å². The Morgan fingerprint density at radius 1 is 0.952 bits per heavy atom. The van der Waals surface area contributed by atoms with E-state index in [1.807, 2.05) is 48.5 Å². The summed E-state index contributed by atoms with van der Waals surface area (Å²) in [5.74, 6) is -1.02. The third-order valence-electron chi connectivity index (χ3n) is 4.12. The minimum Gasteiger partial charge on any atom is -0.481 e. The molecule has 0 heterocycles. The van der Waals surface area contributed by atoms with Gasteiger partial charge in [0.2, 0.25) is 0 Å². The van der Waals surface area contributed by atoms with E-state index >= 15 is 0 Å². The average Bonchev–Trinajstić information content (AvgIpc) is 2.48. The van der Waals surface area contributed by atoms with Crippen molar-refractivity contribution in [2.75, 3.05) is 0 Å². The molecule has 2 N–H and O–H groups in total. The van der Waals surface area contributed by atoms with E-state index in [0.717, 1.165) is 5.56 Å². The number of carbonyl (C=O) groups is 1. The molecule has 0 radical (unpaired) electrons. The molecule has 0 amide bonds. The molecule has 0 saturated carbocycles. The summed E-state index contributed by atoms with van der Waals surface area (Å²) in [6, 6.07) is 18.5. The van der Waals surface area contributed by atoms with E-state index < -0.39 is 17.0 Å². The largest absolute Gasteiger partial charge is 0.481 e. The molecule has 3 nitrogen and oxygen atoms in total. The Bertz CT molecular complexity index is 605. The molecule has 2 aromatic carbocycles. The van der Waals surface area contributed by atoms with Crippen LogP contribution in [0.1, 0.15) is 25.0 Å². The van der Waals surface area contributed by atoms with E-state index in [-0.39, 0.29) is 6.42 Å². The van der Waals surface area contributed by atoms with Crippen molar-refractivity contribution in [3.05, 3.63) is 71.8 Å². The summed E-state index contributed by atoms with van der Waals surface area (Å²) < 4.78 is 0. The molecular weight excluding hydrogens is 264 g/mol. The monoisotopic (exact) mass is 284 g/mol. The zero-order chi connectivity index (χ0) is 15.5. The van der Waals surface area contributed by atoms with Gasteiger partial charge in [-0.25, -0.2) is 0 Å². The summed E-state index contributed by atoms with van der Waals surface area (Å²) in [6.07, 6.45) is 0.247. The lowest BCUT2D eigenvalue weighted by Gasteiger charge is -2.40. The molecule has 0 bridgehead atoms. The molecule has 3 heteroatoms. The topological polar surface area (TPSA) is 57.5 Å². The van der Waals surface area contributed by atoms with Gasteiger partial charge in [0.1, 0.15) is 5.60 Å². The van der Waals surface area contributed by atoms with Crippen LogP contribution in [0.15, 0.2) is 60.7 Å². The number of hydrogen-bond donors (Lipinski definition) is 2. The summed E-state index contributed by atoms with van der Waals surface area (Å²) in [4.78, 5) is 11.7. The quantitative estimate of drug-likeness (QED) is 0.886. The Morgan fingerprint density at radius 2 is 1.43 bits per heavy atom. The molecule has 0 spiro atoms. The van der Waals surface area contributed by atoms with Gasteiger partial charge in [0.05, 0.1) is 5.41 Å². The molecule has 2 rings (SSSR count). The smallest absolute Gasteiger partial charge is 0.312 e. The van der Waals surface area contributed by atoms with Crippen LogP contribution in [0, 0.1) is 5.41 Å². The minimum absolute atomic E-state index is 0.247. The number of aliphatic hydroxyl groups is 1.